The summed E-state index contributed by atoms with van der Waals surface area (Å²) in [6.45, 7) is 4.96. The number of carbonyl (C=O) groups excluding carboxylic acids is 3. The molecule has 0 aromatic carbocycles. The van der Waals surface area contributed by atoms with Crippen LogP contribution in [0.2, 0.25) is 0 Å². The average Bonchev–Trinajstić information content (AvgIpc) is 2.23. The predicted octanol–water partition coefficient (Wildman–Crippen LogP) is -0.0666. The van der Waals surface area contributed by atoms with Gasteiger partial charge in [-0.25, -0.2) is 4.79 Å². The van der Waals surface area contributed by atoms with E-state index < -0.39 is 23.3 Å². The monoisotopic (exact) mass is 240 g/mol. The van der Waals surface area contributed by atoms with E-state index in [2.05, 4.69) is 17.2 Å². The minimum Gasteiger partial charge on any atom is -0.396 e. The third kappa shape index (κ3) is 2.21. The smallest absolute Gasteiger partial charge is 0.328 e. The molecule has 1 fully saturated rings. The Morgan fingerprint density at radius 2 is 1.88 bits per heavy atom. The second-order valence-corrected chi connectivity index (χ2v) is 4.11. The van der Waals surface area contributed by atoms with Gasteiger partial charge >= 0.3 is 6.03 Å². The number of rotatable bonds is 5. The normalized spacial score (nSPS) is 20.5. The van der Waals surface area contributed by atoms with Crippen LogP contribution in [-0.4, -0.2) is 29.6 Å². The maximum Gasteiger partial charge on any atom is 0.328 e. The average molecular weight is 240 g/mol. The zero-order valence-electron chi connectivity index (χ0n) is 9.66. The van der Waals surface area contributed by atoms with Gasteiger partial charge in [-0.1, -0.05) is 13.0 Å². The Morgan fingerprint density at radius 3 is 2.29 bits per heavy atom. The highest BCUT2D eigenvalue weighted by Gasteiger charge is 2.52. The topological polar surface area (TPSA) is 95.5 Å². The van der Waals surface area contributed by atoms with E-state index in [4.69, 9.17) is 5.11 Å². The molecule has 1 aliphatic rings. The number of hydrogen-bond donors (Lipinski definition) is 3. The molecule has 6 nitrogen and oxygen atoms in total. The van der Waals surface area contributed by atoms with Gasteiger partial charge in [0.15, 0.2) is 0 Å². The van der Waals surface area contributed by atoms with Crippen molar-refractivity contribution < 1.29 is 19.5 Å². The Kier molecular flexibility index (Phi) is 4.01. The molecule has 0 aliphatic carbocycles. The largest absolute Gasteiger partial charge is 0.396 e. The predicted molar refractivity (Wildman–Crippen MR) is 59.8 cm³/mol. The van der Waals surface area contributed by atoms with Crippen LogP contribution in [0.3, 0.4) is 0 Å². The lowest BCUT2D eigenvalue weighted by Gasteiger charge is -2.37. The van der Waals surface area contributed by atoms with Gasteiger partial charge in [0.25, 0.3) is 0 Å². The van der Waals surface area contributed by atoms with E-state index in [0.717, 1.165) is 0 Å². The number of aliphatic hydroxyl groups excluding tert-OH is 1. The van der Waals surface area contributed by atoms with Crippen molar-refractivity contribution in [3.05, 3.63) is 12.7 Å². The highest BCUT2D eigenvalue weighted by molar-refractivity contribution is 6.19. The molecule has 1 atom stereocenters. The Bertz CT molecular complexity index is 344. The molecule has 0 saturated carbocycles. The Morgan fingerprint density at radius 1 is 1.35 bits per heavy atom. The zero-order chi connectivity index (χ0) is 13.1. The number of carbonyl (C=O) groups is 3. The summed E-state index contributed by atoms with van der Waals surface area (Å²) in [7, 11) is 0. The fourth-order valence-electron chi connectivity index (χ4n) is 2.11. The first-order valence-electron chi connectivity index (χ1n) is 5.37. The van der Waals surface area contributed by atoms with E-state index >= 15 is 0 Å². The summed E-state index contributed by atoms with van der Waals surface area (Å²) in [5.74, 6) is -1.66. The van der Waals surface area contributed by atoms with Crippen LogP contribution in [0.1, 0.15) is 19.8 Å². The van der Waals surface area contributed by atoms with Gasteiger partial charge in [0, 0.05) is 6.61 Å². The molecular formula is C11H16N2O4. The van der Waals surface area contributed by atoms with Crippen molar-refractivity contribution in [1.29, 1.82) is 0 Å². The molecule has 1 heterocycles. The molecule has 1 saturated heterocycles. The number of amides is 4. The van der Waals surface area contributed by atoms with Crippen molar-refractivity contribution in [2.24, 2.45) is 11.3 Å². The van der Waals surface area contributed by atoms with Gasteiger partial charge in [0.05, 0.1) is 0 Å². The number of nitrogens with one attached hydrogen (secondary N) is 2. The minimum absolute atomic E-state index is 0.0209. The highest BCUT2D eigenvalue weighted by Crippen LogP contribution is 2.36. The first-order valence-corrected chi connectivity index (χ1v) is 5.37. The molecule has 94 valence electrons. The molecule has 0 bridgehead atoms. The maximum atomic E-state index is 11.9. The Balaban J connectivity index is 3.11. The molecule has 0 aromatic rings. The summed E-state index contributed by atoms with van der Waals surface area (Å²) in [5.41, 5.74) is -1.41. The van der Waals surface area contributed by atoms with E-state index in [0.29, 0.717) is 6.42 Å². The number of hydrogen-bond acceptors (Lipinski definition) is 4. The SMILES string of the molecule is C=CCC(C)C1(CCO)C(=O)NC(=O)NC1=O. The first-order chi connectivity index (χ1) is 7.98. The van der Waals surface area contributed by atoms with Crippen LogP contribution in [0.4, 0.5) is 4.79 Å². The molecule has 0 spiro atoms. The van der Waals surface area contributed by atoms with E-state index in [1.165, 1.54) is 0 Å². The molecule has 1 unspecified atom stereocenters. The summed E-state index contributed by atoms with van der Waals surface area (Å²) >= 11 is 0. The fourth-order valence-corrected chi connectivity index (χ4v) is 2.11. The quantitative estimate of drug-likeness (QED) is 0.463. The van der Waals surface area contributed by atoms with Crippen molar-refractivity contribution in [1.82, 2.24) is 10.6 Å². The molecular weight excluding hydrogens is 224 g/mol. The minimum atomic E-state index is -1.41. The summed E-state index contributed by atoms with van der Waals surface area (Å²) in [5, 5.41) is 13.2. The van der Waals surface area contributed by atoms with Gasteiger partial charge in [-0.2, -0.15) is 0 Å². The van der Waals surface area contributed by atoms with Crippen molar-refractivity contribution in [3.8, 4) is 0 Å². The van der Waals surface area contributed by atoms with Gasteiger partial charge in [0.2, 0.25) is 11.8 Å². The van der Waals surface area contributed by atoms with Crippen molar-refractivity contribution in [2.75, 3.05) is 6.61 Å². The summed E-state index contributed by atoms with van der Waals surface area (Å²) in [6.07, 6.45) is 2.02. The van der Waals surface area contributed by atoms with Crippen LogP contribution in [0, 0.1) is 11.3 Å². The summed E-state index contributed by atoms with van der Waals surface area (Å²) in [4.78, 5) is 34.8. The van der Waals surface area contributed by atoms with Crippen LogP contribution < -0.4 is 10.6 Å². The molecule has 3 N–H and O–H groups in total. The second kappa shape index (κ2) is 5.09. The van der Waals surface area contributed by atoms with E-state index in [-0.39, 0.29) is 18.9 Å². The Labute approximate surface area is 99.1 Å². The third-order valence-corrected chi connectivity index (χ3v) is 3.13. The fraction of sp³-hybridized carbons (Fsp3) is 0.545. The van der Waals surface area contributed by atoms with Gasteiger partial charge in [0.1, 0.15) is 5.41 Å². The molecule has 0 radical (unpaired) electrons. The van der Waals surface area contributed by atoms with Gasteiger partial charge in [-0.05, 0) is 18.8 Å². The lowest BCUT2D eigenvalue weighted by molar-refractivity contribution is -0.149. The number of aliphatic hydroxyl groups is 1. The van der Waals surface area contributed by atoms with Crippen molar-refractivity contribution in [2.45, 2.75) is 19.8 Å². The standard InChI is InChI=1S/C11H16N2O4/c1-3-4-7(2)11(5-6-14)8(15)12-10(17)13-9(11)16/h3,7,14H,1,4-6H2,2H3,(H2,12,13,15,16,17). The van der Waals surface area contributed by atoms with Gasteiger partial charge in [-0.3, -0.25) is 20.2 Å². The van der Waals surface area contributed by atoms with Gasteiger partial charge < -0.3 is 5.11 Å². The number of imide groups is 2. The van der Waals surface area contributed by atoms with Crippen molar-refractivity contribution in [3.63, 3.8) is 0 Å². The van der Waals surface area contributed by atoms with E-state index in [1.54, 1.807) is 13.0 Å². The lowest BCUT2D eigenvalue weighted by Crippen LogP contribution is -2.64. The van der Waals surface area contributed by atoms with Crippen molar-refractivity contribution >= 4 is 17.8 Å². The molecule has 1 rings (SSSR count). The van der Waals surface area contributed by atoms with Crippen LogP contribution in [-0.2, 0) is 9.59 Å². The van der Waals surface area contributed by atoms with Crippen LogP contribution >= 0.6 is 0 Å². The molecule has 6 heteroatoms. The lowest BCUT2D eigenvalue weighted by atomic mass is 9.70. The second-order valence-electron chi connectivity index (χ2n) is 4.11. The van der Waals surface area contributed by atoms with Crippen LogP contribution in [0.25, 0.3) is 0 Å². The van der Waals surface area contributed by atoms with E-state index in [9.17, 15) is 14.4 Å². The number of urea groups is 1. The van der Waals surface area contributed by atoms with Gasteiger partial charge in [-0.15, -0.1) is 6.58 Å². The third-order valence-electron chi connectivity index (χ3n) is 3.13. The summed E-state index contributed by atoms with van der Waals surface area (Å²) < 4.78 is 0. The Hall–Kier alpha value is -1.69. The molecule has 4 amide bonds. The molecule has 17 heavy (non-hydrogen) atoms. The maximum absolute atomic E-state index is 11.9. The van der Waals surface area contributed by atoms with Crippen LogP contribution in [0.15, 0.2) is 12.7 Å². The summed E-state index contributed by atoms with van der Waals surface area (Å²) in [6, 6.07) is -0.820. The van der Waals surface area contributed by atoms with Crippen LogP contribution in [0.5, 0.6) is 0 Å². The number of barbiturate groups is 1. The molecule has 0 aromatic heterocycles. The molecule has 1 aliphatic heterocycles. The highest BCUT2D eigenvalue weighted by atomic mass is 16.3. The zero-order valence-corrected chi connectivity index (χ0v) is 9.66. The number of allylic oxidation sites excluding steroid dienone is 1. The van der Waals surface area contributed by atoms with E-state index in [1.807, 2.05) is 0 Å². The first kappa shape index (κ1) is 13.4.